The zero-order chi connectivity index (χ0) is 21.6. The van der Waals surface area contributed by atoms with E-state index in [0.717, 1.165) is 31.2 Å². The molecule has 2 atom stereocenters. The van der Waals surface area contributed by atoms with Crippen LogP contribution in [0.3, 0.4) is 0 Å². The number of nitrogens with one attached hydrogen (secondary N) is 1. The summed E-state index contributed by atoms with van der Waals surface area (Å²) in [6, 6.07) is 9.71. The van der Waals surface area contributed by atoms with Gasteiger partial charge in [-0.1, -0.05) is 30.3 Å². The Morgan fingerprint density at radius 3 is 2.45 bits per heavy atom. The highest BCUT2D eigenvalue weighted by Crippen LogP contribution is 2.25. The molecule has 7 nitrogen and oxygen atoms in total. The monoisotopic (exact) mass is 440 g/mol. The van der Waals surface area contributed by atoms with E-state index in [2.05, 4.69) is 10.3 Å². The molecule has 2 aliphatic heterocycles. The number of carbonyl (C=O) groups is 3. The van der Waals surface area contributed by atoms with Crippen LogP contribution in [0.4, 0.5) is 5.13 Å². The lowest BCUT2D eigenvalue weighted by molar-refractivity contribution is -0.142. The summed E-state index contributed by atoms with van der Waals surface area (Å²) < 4.78 is 0. The van der Waals surface area contributed by atoms with E-state index in [0.29, 0.717) is 37.7 Å². The summed E-state index contributed by atoms with van der Waals surface area (Å²) in [7, 11) is 0. The van der Waals surface area contributed by atoms with Crippen LogP contribution in [0.1, 0.15) is 31.2 Å². The first-order valence-electron chi connectivity index (χ1n) is 10.9. The van der Waals surface area contributed by atoms with Crippen LogP contribution < -0.4 is 5.32 Å². The van der Waals surface area contributed by atoms with Crippen molar-refractivity contribution in [2.75, 3.05) is 31.5 Å². The topological polar surface area (TPSA) is 82.6 Å². The van der Waals surface area contributed by atoms with Crippen LogP contribution in [0, 0.1) is 11.8 Å². The van der Waals surface area contributed by atoms with Gasteiger partial charge in [0.25, 0.3) is 0 Å². The molecule has 2 unspecified atom stereocenters. The molecule has 0 saturated carbocycles. The van der Waals surface area contributed by atoms with Gasteiger partial charge in [0.05, 0.1) is 18.3 Å². The highest BCUT2D eigenvalue weighted by Gasteiger charge is 2.35. The third kappa shape index (κ3) is 5.50. The fourth-order valence-electron chi connectivity index (χ4n) is 4.43. The van der Waals surface area contributed by atoms with Crippen molar-refractivity contribution in [3.05, 3.63) is 47.5 Å². The maximum Gasteiger partial charge on any atom is 0.231 e. The fourth-order valence-corrected chi connectivity index (χ4v) is 4.96. The average molecular weight is 441 g/mol. The summed E-state index contributed by atoms with van der Waals surface area (Å²) >= 11 is 1.39. The van der Waals surface area contributed by atoms with Crippen LogP contribution in [0.25, 0.3) is 0 Å². The number of hydrogen-bond donors (Lipinski definition) is 1. The Hall–Kier alpha value is -2.74. The number of rotatable bonds is 5. The normalized spacial score (nSPS) is 21.5. The molecular weight excluding hydrogens is 412 g/mol. The second-order valence-corrected chi connectivity index (χ2v) is 9.19. The summed E-state index contributed by atoms with van der Waals surface area (Å²) in [6.07, 6.45) is 5.23. The molecule has 8 heteroatoms. The maximum atomic E-state index is 13.2. The molecule has 3 amide bonds. The van der Waals surface area contributed by atoms with Crippen LogP contribution in [-0.4, -0.2) is 58.7 Å². The lowest BCUT2D eigenvalue weighted by Crippen LogP contribution is -2.50. The number of piperidine rings is 2. The van der Waals surface area contributed by atoms with Crippen LogP contribution in [0.2, 0.25) is 0 Å². The molecule has 2 aliphatic rings. The third-order valence-corrected chi connectivity index (χ3v) is 6.78. The van der Waals surface area contributed by atoms with Gasteiger partial charge in [0.1, 0.15) is 0 Å². The third-order valence-electron chi connectivity index (χ3n) is 6.09. The number of aromatic nitrogens is 1. The number of anilines is 1. The lowest BCUT2D eigenvalue weighted by Gasteiger charge is -2.38. The highest BCUT2D eigenvalue weighted by atomic mass is 32.1. The molecule has 2 aromatic rings. The van der Waals surface area contributed by atoms with E-state index in [9.17, 15) is 14.4 Å². The van der Waals surface area contributed by atoms with Gasteiger partial charge in [-0.3, -0.25) is 14.4 Å². The van der Waals surface area contributed by atoms with Gasteiger partial charge in [0, 0.05) is 37.8 Å². The van der Waals surface area contributed by atoms with E-state index in [4.69, 9.17) is 0 Å². The van der Waals surface area contributed by atoms with Gasteiger partial charge in [-0.05, 0) is 31.2 Å². The first-order chi connectivity index (χ1) is 15.1. The summed E-state index contributed by atoms with van der Waals surface area (Å²) in [6.45, 7) is 2.28. The van der Waals surface area contributed by atoms with E-state index in [-0.39, 0.29) is 29.6 Å². The number of hydrogen-bond acceptors (Lipinski definition) is 5. The van der Waals surface area contributed by atoms with Gasteiger partial charge in [-0.15, -0.1) is 11.3 Å². The van der Waals surface area contributed by atoms with Crippen LogP contribution in [0.5, 0.6) is 0 Å². The van der Waals surface area contributed by atoms with E-state index < -0.39 is 0 Å². The summed E-state index contributed by atoms with van der Waals surface area (Å²) in [4.78, 5) is 46.3. The molecule has 1 aromatic heterocycles. The standard InChI is InChI=1S/C23H28N4O3S/c28-20(14-17-6-2-1-3-7-17)26-11-5-9-19(16-26)22(30)27-12-4-8-18(15-27)21(29)25-23-24-10-13-31-23/h1-3,6-7,10,13,18-19H,4-5,8-9,11-12,14-16H2,(H,24,25,29). The molecule has 1 N–H and O–H groups in total. The second-order valence-electron chi connectivity index (χ2n) is 8.29. The number of thiazole rings is 1. The minimum absolute atomic E-state index is 0.0723. The van der Waals surface area contributed by atoms with E-state index in [1.54, 1.807) is 6.20 Å². The Kier molecular flexibility index (Phi) is 6.96. The Labute approximate surface area is 186 Å². The maximum absolute atomic E-state index is 13.2. The quantitative estimate of drug-likeness (QED) is 0.775. The summed E-state index contributed by atoms with van der Waals surface area (Å²) in [5.41, 5.74) is 0.992. The van der Waals surface area contributed by atoms with Crippen LogP contribution in [-0.2, 0) is 20.8 Å². The number of nitrogens with zero attached hydrogens (tertiary/aromatic N) is 3. The van der Waals surface area contributed by atoms with Gasteiger partial charge in [-0.25, -0.2) is 4.98 Å². The number of likely N-dealkylation sites (tertiary alicyclic amines) is 2. The Balaban J connectivity index is 1.32. The Morgan fingerprint density at radius 1 is 1.00 bits per heavy atom. The van der Waals surface area contributed by atoms with Crippen molar-refractivity contribution in [3.8, 4) is 0 Å². The predicted octanol–water partition coefficient (Wildman–Crippen LogP) is 2.80. The molecule has 31 heavy (non-hydrogen) atoms. The zero-order valence-corrected chi connectivity index (χ0v) is 18.4. The Morgan fingerprint density at radius 2 is 1.71 bits per heavy atom. The first kappa shape index (κ1) is 21.5. The molecule has 0 bridgehead atoms. The van der Waals surface area contributed by atoms with E-state index in [1.807, 2.05) is 45.5 Å². The van der Waals surface area contributed by atoms with Crippen LogP contribution >= 0.6 is 11.3 Å². The minimum atomic E-state index is -0.221. The molecule has 4 rings (SSSR count). The second kappa shape index (κ2) is 10.0. The van der Waals surface area contributed by atoms with Crippen molar-refractivity contribution >= 4 is 34.2 Å². The predicted molar refractivity (Wildman–Crippen MR) is 119 cm³/mol. The largest absolute Gasteiger partial charge is 0.342 e. The number of benzene rings is 1. The van der Waals surface area contributed by atoms with E-state index >= 15 is 0 Å². The molecule has 2 saturated heterocycles. The molecule has 1 aromatic carbocycles. The van der Waals surface area contributed by atoms with E-state index in [1.165, 1.54) is 11.3 Å². The molecule has 0 spiro atoms. The number of amides is 3. The molecule has 0 radical (unpaired) electrons. The van der Waals surface area contributed by atoms with Crippen molar-refractivity contribution in [1.29, 1.82) is 0 Å². The van der Waals surface area contributed by atoms with Crippen molar-refractivity contribution in [2.45, 2.75) is 32.1 Å². The lowest BCUT2D eigenvalue weighted by atomic mass is 9.92. The average Bonchev–Trinajstić information content (AvgIpc) is 3.32. The van der Waals surface area contributed by atoms with Crippen molar-refractivity contribution < 1.29 is 14.4 Å². The van der Waals surface area contributed by atoms with Gasteiger partial charge >= 0.3 is 0 Å². The van der Waals surface area contributed by atoms with Crippen molar-refractivity contribution in [2.24, 2.45) is 11.8 Å². The highest BCUT2D eigenvalue weighted by molar-refractivity contribution is 7.13. The van der Waals surface area contributed by atoms with Gasteiger partial charge in [-0.2, -0.15) is 0 Å². The van der Waals surface area contributed by atoms with Crippen molar-refractivity contribution in [3.63, 3.8) is 0 Å². The molecule has 164 valence electrons. The minimum Gasteiger partial charge on any atom is -0.342 e. The van der Waals surface area contributed by atoms with Crippen molar-refractivity contribution in [1.82, 2.24) is 14.8 Å². The zero-order valence-electron chi connectivity index (χ0n) is 17.5. The summed E-state index contributed by atoms with van der Waals surface area (Å²) in [5, 5.41) is 5.26. The SMILES string of the molecule is O=C(Nc1nccs1)C1CCCN(C(=O)C2CCCN(C(=O)Cc3ccccc3)C2)C1. The first-order valence-corrected chi connectivity index (χ1v) is 11.8. The summed E-state index contributed by atoms with van der Waals surface area (Å²) in [5.74, 6) is -0.335. The van der Waals surface area contributed by atoms with Gasteiger partial charge < -0.3 is 15.1 Å². The molecular formula is C23H28N4O3S. The smallest absolute Gasteiger partial charge is 0.231 e. The fraction of sp³-hybridized carbons (Fsp3) is 0.478. The van der Waals surface area contributed by atoms with Gasteiger partial charge in [0.15, 0.2) is 5.13 Å². The molecule has 2 fully saturated rings. The number of carbonyl (C=O) groups excluding carboxylic acids is 3. The molecule has 3 heterocycles. The van der Waals surface area contributed by atoms with Crippen LogP contribution in [0.15, 0.2) is 41.9 Å². The van der Waals surface area contributed by atoms with Gasteiger partial charge in [0.2, 0.25) is 17.7 Å². The molecule has 0 aliphatic carbocycles. The Bertz CT molecular complexity index is 903.